The van der Waals surface area contributed by atoms with Crippen molar-refractivity contribution in [3.05, 3.63) is 59.0 Å². The van der Waals surface area contributed by atoms with E-state index in [0.29, 0.717) is 0 Å². The zero-order valence-corrected chi connectivity index (χ0v) is 10.9. The van der Waals surface area contributed by atoms with E-state index in [2.05, 4.69) is 4.42 Å². The van der Waals surface area contributed by atoms with Crippen LogP contribution in [0.15, 0.2) is 47.1 Å². The Labute approximate surface area is 120 Å². The van der Waals surface area contributed by atoms with E-state index in [9.17, 15) is 27.1 Å². The number of aliphatic hydroxyl groups is 1. The van der Waals surface area contributed by atoms with Crippen LogP contribution in [0.4, 0.5) is 22.0 Å². The second-order valence-electron chi connectivity index (χ2n) is 4.24. The van der Waals surface area contributed by atoms with Gasteiger partial charge in [0.05, 0.1) is 6.26 Å². The second-order valence-corrected chi connectivity index (χ2v) is 4.65. The molecular formula is C13H8ClF5O2. The highest BCUT2D eigenvalue weighted by molar-refractivity contribution is 6.31. The third-order valence-corrected chi connectivity index (χ3v) is 3.28. The normalized spacial score (nSPS) is 15.8. The second kappa shape index (κ2) is 4.99. The standard InChI is InChI=1S/C13H8ClF5O2/c14-9-5-2-1-4-8(9)11(20,10-6-3-7-21-10)12(15,16)13(17,18)19/h1-7,20H. The molecule has 2 aromatic rings. The smallest absolute Gasteiger partial charge is 0.457 e. The van der Waals surface area contributed by atoms with Crippen LogP contribution in [0, 0.1) is 0 Å². The topological polar surface area (TPSA) is 33.4 Å². The molecule has 0 saturated carbocycles. The van der Waals surface area contributed by atoms with Crippen LogP contribution in [0.1, 0.15) is 11.3 Å². The molecular weight excluding hydrogens is 319 g/mol. The van der Waals surface area contributed by atoms with Crippen molar-refractivity contribution < 1.29 is 31.5 Å². The van der Waals surface area contributed by atoms with Crippen LogP contribution >= 0.6 is 11.6 Å². The Morgan fingerprint density at radius 1 is 0.952 bits per heavy atom. The van der Waals surface area contributed by atoms with Gasteiger partial charge in [-0.2, -0.15) is 22.0 Å². The van der Waals surface area contributed by atoms with Crippen molar-refractivity contribution in [3.63, 3.8) is 0 Å². The summed E-state index contributed by atoms with van der Waals surface area (Å²) in [5.41, 5.74) is -4.57. The molecule has 0 aliphatic rings. The van der Waals surface area contributed by atoms with E-state index in [1.165, 1.54) is 12.1 Å². The monoisotopic (exact) mass is 326 g/mol. The van der Waals surface area contributed by atoms with Crippen molar-refractivity contribution >= 4 is 11.6 Å². The zero-order chi connectivity index (χ0) is 15.9. The van der Waals surface area contributed by atoms with Crippen molar-refractivity contribution in [1.82, 2.24) is 0 Å². The van der Waals surface area contributed by atoms with Crippen LogP contribution in [0.5, 0.6) is 0 Å². The maximum atomic E-state index is 13.9. The van der Waals surface area contributed by atoms with Gasteiger partial charge in [-0.1, -0.05) is 29.8 Å². The van der Waals surface area contributed by atoms with E-state index in [1.807, 2.05) is 0 Å². The molecule has 0 aliphatic carbocycles. The third kappa shape index (κ3) is 2.30. The summed E-state index contributed by atoms with van der Waals surface area (Å²) in [5, 5.41) is 9.79. The lowest BCUT2D eigenvalue weighted by molar-refractivity contribution is -0.339. The first-order valence-electron chi connectivity index (χ1n) is 5.58. The summed E-state index contributed by atoms with van der Waals surface area (Å²) in [4.78, 5) is 0. The van der Waals surface area contributed by atoms with Gasteiger partial charge in [0.2, 0.25) is 5.60 Å². The molecule has 0 fully saturated rings. The Balaban J connectivity index is 2.77. The van der Waals surface area contributed by atoms with Gasteiger partial charge in [0, 0.05) is 10.6 Å². The molecule has 1 aromatic carbocycles. The first kappa shape index (κ1) is 15.8. The number of rotatable bonds is 3. The summed E-state index contributed by atoms with van der Waals surface area (Å²) in [5.74, 6) is -6.47. The summed E-state index contributed by atoms with van der Waals surface area (Å²) in [7, 11) is 0. The van der Waals surface area contributed by atoms with Gasteiger partial charge in [-0.15, -0.1) is 0 Å². The van der Waals surface area contributed by atoms with Crippen molar-refractivity contribution in [1.29, 1.82) is 0 Å². The first-order chi connectivity index (χ1) is 9.62. The minimum absolute atomic E-state index is 0.444. The fourth-order valence-corrected chi connectivity index (χ4v) is 2.17. The molecule has 0 bridgehead atoms. The summed E-state index contributed by atoms with van der Waals surface area (Å²) in [6.45, 7) is 0. The summed E-state index contributed by atoms with van der Waals surface area (Å²) in [6.07, 6.45) is -5.13. The molecule has 2 nitrogen and oxygen atoms in total. The number of alkyl halides is 5. The van der Waals surface area contributed by atoms with Crippen molar-refractivity contribution in [3.8, 4) is 0 Å². The average molecular weight is 327 g/mol. The quantitative estimate of drug-likeness (QED) is 0.850. The van der Waals surface area contributed by atoms with Crippen LogP contribution < -0.4 is 0 Å². The highest BCUT2D eigenvalue weighted by atomic mass is 35.5. The van der Waals surface area contributed by atoms with Gasteiger partial charge in [0.25, 0.3) is 0 Å². The molecule has 1 N–H and O–H groups in total. The number of hydrogen-bond acceptors (Lipinski definition) is 2. The molecule has 1 atom stereocenters. The molecule has 21 heavy (non-hydrogen) atoms. The number of benzene rings is 1. The Morgan fingerprint density at radius 3 is 2.05 bits per heavy atom. The highest BCUT2D eigenvalue weighted by Gasteiger charge is 2.72. The largest absolute Gasteiger partial charge is 0.466 e. The van der Waals surface area contributed by atoms with Gasteiger partial charge in [0.1, 0.15) is 5.76 Å². The molecule has 1 heterocycles. The number of furan rings is 1. The van der Waals surface area contributed by atoms with E-state index >= 15 is 0 Å². The van der Waals surface area contributed by atoms with Crippen LogP contribution in [-0.2, 0) is 5.60 Å². The summed E-state index contributed by atoms with van der Waals surface area (Å²) in [6, 6.07) is 6.40. The Bertz CT molecular complexity index is 624. The first-order valence-corrected chi connectivity index (χ1v) is 5.96. The summed E-state index contributed by atoms with van der Waals surface area (Å²) < 4.78 is 70.7. The van der Waals surface area contributed by atoms with Gasteiger partial charge in [-0.25, -0.2) is 0 Å². The van der Waals surface area contributed by atoms with Gasteiger partial charge >= 0.3 is 12.1 Å². The molecule has 0 aliphatic heterocycles. The fraction of sp³-hybridized carbons (Fsp3) is 0.231. The van der Waals surface area contributed by atoms with E-state index in [1.54, 1.807) is 0 Å². The van der Waals surface area contributed by atoms with Crippen molar-refractivity contribution in [2.75, 3.05) is 0 Å². The molecule has 0 radical (unpaired) electrons. The molecule has 1 unspecified atom stereocenters. The van der Waals surface area contributed by atoms with Gasteiger partial charge in [-0.3, -0.25) is 0 Å². The molecule has 2 rings (SSSR count). The Kier molecular flexibility index (Phi) is 3.75. The minimum atomic E-state index is -6.01. The predicted octanol–water partition coefficient (Wildman–Crippen LogP) is 4.37. The van der Waals surface area contributed by atoms with E-state index in [4.69, 9.17) is 11.6 Å². The summed E-state index contributed by atoms with van der Waals surface area (Å²) >= 11 is 5.68. The minimum Gasteiger partial charge on any atom is -0.466 e. The molecule has 0 amide bonds. The lowest BCUT2D eigenvalue weighted by Gasteiger charge is -2.35. The van der Waals surface area contributed by atoms with Crippen LogP contribution in [-0.4, -0.2) is 17.2 Å². The Hall–Kier alpha value is -1.60. The molecule has 1 aromatic heterocycles. The van der Waals surface area contributed by atoms with Gasteiger partial charge in [0.15, 0.2) is 0 Å². The fourth-order valence-electron chi connectivity index (χ4n) is 1.90. The number of halogens is 6. The lowest BCUT2D eigenvalue weighted by atomic mass is 9.84. The van der Waals surface area contributed by atoms with Gasteiger partial charge < -0.3 is 9.52 Å². The number of hydrogen-bond donors (Lipinski definition) is 1. The SMILES string of the molecule is OC(c1ccco1)(c1ccccc1Cl)C(F)(F)C(F)(F)F. The predicted molar refractivity (Wildman–Crippen MR) is 64.2 cm³/mol. The maximum absolute atomic E-state index is 13.9. The van der Waals surface area contributed by atoms with Crippen molar-refractivity contribution in [2.24, 2.45) is 0 Å². The third-order valence-electron chi connectivity index (χ3n) is 2.95. The van der Waals surface area contributed by atoms with Crippen LogP contribution in [0.25, 0.3) is 0 Å². The highest BCUT2D eigenvalue weighted by Crippen LogP contribution is 2.53. The molecule has 0 spiro atoms. The van der Waals surface area contributed by atoms with E-state index < -0.39 is 34.0 Å². The van der Waals surface area contributed by atoms with E-state index in [0.717, 1.165) is 30.5 Å². The van der Waals surface area contributed by atoms with Crippen LogP contribution in [0.3, 0.4) is 0 Å². The lowest BCUT2D eigenvalue weighted by Crippen LogP contribution is -2.55. The molecule has 8 heteroatoms. The van der Waals surface area contributed by atoms with Crippen molar-refractivity contribution in [2.45, 2.75) is 17.7 Å². The Morgan fingerprint density at radius 2 is 1.57 bits per heavy atom. The molecule has 0 saturated heterocycles. The van der Waals surface area contributed by atoms with Gasteiger partial charge in [-0.05, 0) is 18.2 Å². The average Bonchev–Trinajstić information content (AvgIpc) is 2.91. The zero-order valence-electron chi connectivity index (χ0n) is 10.2. The maximum Gasteiger partial charge on any atom is 0.457 e. The van der Waals surface area contributed by atoms with Crippen LogP contribution in [0.2, 0.25) is 5.02 Å². The molecule has 114 valence electrons. The van der Waals surface area contributed by atoms with E-state index in [-0.39, 0.29) is 0 Å².